The Morgan fingerprint density at radius 1 is 1.04 bits per heavy atom. The van der Waals surface area contributed by atoms with Gasteiger partial charge in [-0.3, -0.25) is 4.79 Å². The number of rotatable bonds is 6. The van der Waals surface area contributed by atoms with Gasteiger partial charge >= 0.3 is 5.97 Å². The van der Waals surface area contributed by atoms with Crippen LogP contribution in [0.15, 0.2) is 54.6 Å². The van der Waals surface area contributed by atoms with Crippen LogP contribution >= 0.6 is 0 Å². The minimum atomic E-state index is -1.86. The monoisotopic (exact) mass is 356 g/mol. The Bertz CT molecular complexity index is 700. The van der Waals surface area contributed by atoms with E-state index in [0.29, 0.717) is 6.42 Å². The van der Waals surface area contributed by atoms with Crippen LogP contribution in [-0.4, -0.2) is 19.4 Å². The van der Waals surface area contributed by atoms with Gasteiger partial charge in [-0.05, 0) is 47.8 Å². The molecule has 2 rings (SSSR count). The van der Waals surface area contributed by atoms with E-state index in [-0.39, 0.29) is 5.04 Å². The highest BCUT2D eigenvalue weighted by atomic mass is 28.4. The maximum Gasteiger partial charge on any atom is 0.311 e. The molecule has 2 aromatic carbocycles. The average Bonchev–Trinajstić information content (AvgIpc) is 2.53. The van der Waals surface area contributed by atoms with Gasteiger partial charge < -0.3 is 9.53 Å². The summed E-state index contributed by atoms with van der Waals surface area (Å²) in [5.74, 6) is -0.469. The first kappa shape index (κ1) is 19.3. The summed E-state index contributed by atoms with van der Waals surface area (Å²) in [7, 11) is -1.86. The van der Waals surface area contributed by atoms with Crippen molar-refractivity contribution in [1.29, 1.82) is 0 Å². The predicted molar refractivity (Wildman–Crippen MR) is 105 cm³/mol. The first-order chi connectivity index (χ1) is 11.6. The third kappa shape index (κ3) is 4.95. The largest absolute Gasteiger partial charge is 0.544 e. The van der Waals surface area contributed by atoms with Gasteiger partial charge in [0.1, 0.15) is 5.75 Å². The summed E-state index contributed by atoms with van der Waals surface area (Å²) in [4.78, 5) is 11.7. The van der Waals surface area contributed by atoms with E-state index in [4.69, 9.17) is 4.43 Å². The van der Waals surface area contributed by atoms with Gasteiger partial charge in [-0.1, -0.05) is 63.2 Å². The quantitative estimate of drug-likeness (QED) is 0.697. The Hall–Kier alpha value is -2.07. The summed E-state index contributed by atoms with van der Waals surface area (Å²) in [6, 6.07) is 17.3. The zero-order chi connectivity index (χ0) is 18.7. The van der Waals surface area contributed by atoms with E-state index in [2.05, 4.69) is 33.9 Å². The number of benzene rings is 2. The SMILES string of the molecule is CC(C)(C)[Si](C)(C)Oc1ccc(CC(C(=O)O)c2ccccc2)cc1. The van der Waals surface area contributed by atoms with Gasteiger partial charge in [0, 0.05) is 0 Å². The first-order valence-corrected chi connectivity index (χ1v) is 11.6. The Balaban J connectivity index is 2.13. The molecule has 0 fully saturated rings. The molecule has 0 aliphatic carbocycles. The number of hydrogen-bond acceptors (Lipinski definition) is 2. The molecule has 0 aromatic heterocycles. The van der Waals surface area contributed by atoms with Crippen molar-refractivity contribution in [1.82, 2.24) is 0 Å². The van der Waals surface area contributed by atoms with Crippen LogP contribution in [-0.2, 0) is 11.2 Å². The van der Waals surface area contributed by atoms with E-state index >= 15 is 0 Å². The van der Waals surface area contributed by atoms with Crippen LogP contribution in [0, 0.1) is 0 Å². The smallest absolute Gasteiger partial charge is 0.311 e. The summed E-state index contributed by atoms with van der Waals surface area (Å²) >= 11 is 0. The molecule has 25 heavy (non-hydrogen) atoms. The van der Waals surface area contributed by atoms with Gasteiger partial charge in [-0.25, -0.2) is 0 Å². The first-order valence-electron chi connectivity index (χ1n) is 8.66. The van der Waals surface area contributed by atoms with Gasteiger partial charge in [-0.15, -0.1) is 0 Å². The van der Waals surface area contributed by atoms with E-state index in [1.165, 1.54) is 0 Å². The average molecular weight is 357 g/mol. The van der Waals surface area contributed by atoms with Crippen molar-refractivity contribution >= 4 is 14.3 Å². The van der Waals surface area contributed by atoms with Crippen molar-refractivity contribution in [2.45, 2.75) is 51.2 Å². The number of aliphatic carboxylic acids is 1. The minimum Gasteiger partial charge on any atom is -0.544 e. The molecule has 0 aliphatic rings. The van der Waals surface area contributed by atoms with E-state index in [9.17, 15) is 9.90 Å². The molecule has 0 bridgehead atoms. The van der Waals surface area contributed by atoms with Gasteiger partial charge in [0.25, 0.3) is 0 Å². The van der Waals surface area contributed by atoms with Gasteiger partial charge in [0.15, 0.2) is 0 Å². The van der Waals surface area contributed by atoms with Gasteiger partial charge in [0.2, 0.25) is 8.32 Å². The molecule has 4 heteroatoms. The molecule has 0 spiro atoms. The van der Waals surface area contributed by atoms with E-state index < -0.39 is 20.2 Å². The second-order valence-electron chi connectivity index (χ2n) is 8.01. The fourth-order valence-corrected chi connectivity index (χ4v) is 3.44. The molecular formula is C21H28O3Si. The fraction of sp³-hybridized carbons (Fsp3) is 0.381. The van der Waals surface area contributed by atoms with Crippen LogP contribution in [0.5, 0.6) is 5.75 Å². The van der Waals surface area contributed by atoms with Crippen LogP contribution in [0.1, 0.15) is 37.8 Å². The van der Waals surface area contributed by atoms with Crippen molar-refractivity contribution < 1.29 is 14.3 Å². The Labute approximate surface area is 151 Å². The molecule has 1 N–H and O–H groups in total. The number of carboxylic acid groups (broad SMARTS) is 1. The predicted octanol–water partition coefficient (Wildman–Crippen LogP) is 5.48. The molecule has 3 nitrogen and oxygen atoms in total. The zero-order valence-corrected chi connectivity index (χ0v) is 16.7. The molecule has 0 heterocycles. The maximum absolute atomic E-state index is 11.7. The summed E-state index contributed by atoms with van der Waals surface area (Å²) in [5, 5.41) is 9.71. The molecule has 0 saturated carbocycles. The lowest BCUT2D eigenvalue weighted by Gasteiger charge is -2.36. The summed E-state index contributed by atoms with van der Waals surface area (Å²) in [5.41, 5.74) is 1.83. The molecule has 134 valence electrons. The zero-order valence-electron chi connectivity index (χ0n) is 15.7. The van der Waals surface area contributed by atoms with Crippen molar-refractivity contribution in [3.05, 3.63) is 65.7 Å². The van der Waals surface area contributed by atoms with E-state index in [0.717, 1.165) is 16.9 Å². The molecule has 2 aromatic rings. The third-order valence-electron chi connectivity index (χ3n) is 5.04. The van der Waals surface area contributed by atoms with Crippen molar-refractivity contribution in [3.8, 4) is 5.75 Å². The molecule has 0 radical (unpaired) electrons. The van der Waals surface area contributed by atoms with Crippen LogP contribution < -0.4 is 4.43 Å². The highest BCUT2D eigenvalue weighted by Crippen LogP contribution is 2.37. The number of hydrogen-bond donors (Lipinski definition) is 1. The normalized spacial score (nSPS) is 13.3. The third-order valence-corrected chi connectivity index (χ3v) is 9.40. The number of carboxylic acids is 1. The lowest BCUT2D eigenvalue weighted by atomic mass is 9.92. The van der Waals surface area contributed by atoms with Crippen molar-refractivity contribution in [3.63, 3.8) is 0 Å². The second-order valence-corrected chi connectivity index (χ2v) is 12.7. The lowest BCUT2D eigenvalue weighted by molar-refractivity contribution is -0.138. The van der Waals surface area contributed by atoms with Gasteiger partial charge in [0.05, 0.1) is 5.92 Å². The molecule has 1 atom stereocenters. The second kappa shape index (κ2) is 7.44. The number of carbonyl (C=O) groups is 1. The summed E-state index contributed by atoms with van der Waals surface area (Å²) in [6.45, 7) is 11.1. The van der Waals surface area contributed by atoms with Crippen LogP contribution in [0.3, 0.4) is 0 Å². The molecular weight excluding hydrogens is 328 g/mol. The van der Waals surface area contributed by atoms with Gasteiger partial charge in [-0.2, -0.15) is 0 Å². The van der Waals surface area contributed by atoms with Crippen molar-refractivity contribution in [2.24, 2.45) is 0 Å². The van der Waals surface area contributed by atoms with E-state index in [1.807, 2.05) is 54.6 Å². The summed E-state index contributed by atoms with van der Waals surface area (Å²) < 4.78 is 6.28. The molecule has 0 saturated heterocycles. The highest BCUT2D eigenvalue weighted by molar-refractivity contribution is 6.74. The minimum absolute atomic E-state index is 0.146. The molecule has 0 amide bonds. The Kier molecular flexibility index (Phi) is 5.73. The van der Waals surface area contributed by atoms with Crippen LogP contribution in [0.2, 0.25) is 18.1 Å². The maximum atomic E-state index is 11.7. The Morgan fingerprint density at radius 3 is 2.08 bits per heavy atom. The summed E-state index contributed by atoms with van der Waals surface area (Å²) in [6.07, 6.45) is 0.472. The standard InChI is InChI=1S/C21H28O3Si/c1-21(2,3)25(4,5)24-18-13-11-16(12-14-18)15-19(20(22)23)17-9-7-6-8-10-17/h6-14,19H,15H2,1-5H3,(H,22,23). The Morgan fingerprint density at radius 2 is 1.60 bits per heavy atom. The molecule has 1 unspecified atom stereocenters. The van der Waals surface area contributed by atoms with E-state index in [1.54, 1.807) is 0 Å². The topological polar surface area (TPSA) is 46.5 Å². The molecule has 0 aliphatic heterocycles. The van der Waals surface area contributed by atoms with Crippen LogP contribution in [0.4, 0.5) is 0 Å². The van der Waals surface area contributed by atoms with Crippen LogP contribution in [0.25, 0.3) is 0 Å². The van der Waals surface area contributed by atoms with Crippen molar-refractivity contribution in [2.75, 3.05) is 0 Å². The highest BCUT2D eigenvalue weighted by Gasteiger charge is 2.38. The fourth-order valence-electron chi connectivity index (χ4n) is 2.41. The lowest BCUT2D eigenvalue weighted by Crippen LogP contribution is -2.43.